The molecule has 2 aromatic carbocycles. The summed E-state index contributed by atoms with van der Waals surface area (Å²) < 4.78 is 0. The molecule has 3 rings (SSSR count). The first kappa shape index (κ1) is 17.8. The molecular formula is C18H20Cl2N2O. The minimum Gasteiger partial charge on any atom is -0.329 e. The third-order valence-corrected chi connectivity index (χ3v) is 4.38. The lowest BCUT2D eigenvalue weighted by molar-refractivity contribution is 0.0634. The second kappa shape index (κ2) is 7.82. The van der Waals surface area contributed by atoms with Crippen molar-refractivity contribution in [1.82, 2.24) is 10.2 Å². The van der Waals surface area contributed by atoms with E-state index in [-0.39, 0.29) is 24.4 Å². The molecule has 0 radical (unpaired) electrons. The molecule has 3 nitrogen and oxygen atoms in total. The third kappa shape index (κ3) is 3.86. The summed E-state index contributed by atoms with van der Waals surface area (Å²) in [6.07, 6.45) is 0. The standard InChI is InChI=1S/C18H19ClN2O.ClH/c1-13-5-4-6-14(11-13)18(22)21-10-9-20-12-17(21)15-7-2-3-8-16(15)19;/h2-8,11,17,20H,9-10,12H2,1H3;1H. The summed E-state index contributed by atoms with van der Waals surface area (Å²) in [5, 5.41) is 4.06. The van der Waals surface area contributed by atoms with E-state index in [1.165, 1.54) is 0 Å². The van der Waals surface area contributed by atoms with E-state index in [1.807, 2.05) is 60.4 Å². The number of rotatable bonds is 2. The van der Waals surface area contributed by atoms with Gasteiger partial charge in [0.15, 0.2) is 0 Å². The molecule has 1 heterocycles. The van der Waals surface area contributed by atoms with Gasteiger partial charge in [-0.3, -0.25) is 4.79 Å². The second-order valence-electron chi connectivity index (χ2n) is 5.61. The number of piperazine rings is 1. The molecule has 0 bridgehead atoms. The fraction of sp³-hybridized carbons (Fsp3) is 0.278. The number of halogens is 2. The van der Waals surface area contributed by atoms with E-state index in [2.05, 4.69) is 5.32 Å². The Hall–Kier alpha value is -1.55. The van der Waals surface area contributed by atoms with Gasteiger partial charge in [-0.15, -0.1) is 12.4 Å². The number of aryl methyl sites for hydroxylation is 1. The highest BCUT2D eigenvalue weighted by Crippen LogP contribution is 2.29. The Labute approximate surface area is 148 Å². The molecule has 1 unspecified atom stereocenters. The molecule has 0 saturated carbocycles. The van der Waals surface area contributed by atoms with E-state index >= 15 is 0 Å². The molecule has 122 valence electrons. The van der Waals surface area contributed by atoms with Gasteiger partial charge >= 0.3 is 0 Å². The first-order valence-electron chi connectivity index (χ1n) is 7.49. The van der Waals surface area contributed by atoms with Gasteiger partial charge in [0.25, 0.3) is 5.91 Å². The molecule has 2 aromatic rings. The van der Waals surface area contributed by atoms with E-state index in [9.17, 15) is 4.79 Å². The fourth-order valence-corrected chi connectivity index (χ4v) is 3.18. The first-order valence-corrected chi connectivity index (χ1v) is 7.87. The van der Waals surface area contributed by atoms with Gasteiger partial charge in [-0.25, -0.2) is 0 Å². The average Bonchev–Trinajstić information content (AvgIpc) is 2.55. The molecule has 1 saturated heterocycles. The Morgan fingerprint density at radius 3 is 2.74 bits per heavy atom. The maximum absolute atomic E-state index is 12.9. The fourth-order valence-electron chi connectivity index (χ4n) is 2.91. The van der Waals surface area contributed by atoms with Crippen molar-refractivity contribution in [3.8, 4) is 0 Å². The normalized spacial score (nSPS) is 17.5. The van der Waals surface area contributed by atoms with Crippen LogP contribution >= 0.6 is 24.0 Å². The van der Waals surface area contributed by atoms with E-state index in [4.69, 9.17) is 11.6 Å². The lowest BCUT2D eigenvalue weighted by Crippen LogP contribution is -2.48. The Bertz CT molecular complexity index is 690. The first-order chi connectivity index (χ1) is 10.7. The van der Waals surface area contributed by atoms with E-state index < -0.39 is 0 Å². The molecule has 1 atom stereocenters. The van der Waals surface area contributed by atoms with E-state index in [0.29, 0.717) is 11.6 Å². The van der Waals surface area contributed by atoms with Crippen LogP contribution in [0.1, 0.15) is 27.5 Å². The molecule has 1 N–H and O–H groups in total. The maximum Gasteiger partial charge on any atom is 0.254 e. The highest BCUT2D eigenvalue weighted by atomic mass is 35.5. The molecule has 1 fully saturated rings. The van der Waals surface area contributed by atoms with Crippen LogP contribution in [0.25, 0.3) is 0 Å². The maximum atomic E-state index is 12.9. The predicted molar refractivity (Wildman–Crippen MR) is 96.5 cm³/mol. The van der Waals surface area contributed by atoms with E-state index in [0.717, 1.165) is 29.8 Å². The van der Waals surface area contributed by atoms with Crippen LogP contribution in [-0.4, -0.2) is 30.4 Å². The number of carbonyl (C=O) groups is 1. The van der Waals surface area contributed by atoms with Gasteiger partial charge in [-0.2, -0.15) is 0 Å². The molecule has 5 heteroatoms. The van der Waals surface area contributed by atoms with Gasteiger partial charge in [0.05, 0.1) is 6.04 Å². The van der Waals surface area contributed by atoms with E-state index in [1.54, 1.807) is 0 Å². The van der Waals surface area contributed by atoms with Crippen LogP contribution in [-0.2, 0) is 0 Å². The number of hydrogen-bond donors (Lipinski definition) is 1. The molecule has 0 spiro atoms. The number of amides is 1. The Morgan fingerprint density at radius 1 is 1.22 bits per heavy atom. The van der Waals surface area contributed by atoms with Crippen molar-refractivity contribution in [2.45, 2.75) is 13.0 Å². The lowest BCUT2D eigenvalue weighted by atomic mass is 10.0. The summed E-state index contributed by atoms with van der Waals surface area (Å²) in [5.74, 6) is 0.0649. The summed E-state index contributed by atoms with van der Waals surface area (Å²) in [7, 11) is 0. The average molecular weight is 351 g/mol. The number of nitrogens with zero attached hydrogens (tertiary/aromatic N) is 1. The summed E-state index contributed by atoms with van der Waals surface area (Å²) in [6.45, 7) is 4.21. The Morgan fingerprint density at radius 2 is 2.00 bits per heavy atom. The molecule has 1 amide bonds. The van der Waals surface area contributed by atoms with Crippen LogP contribution in [0.2, 0.25) is 5.02 Å². The monoisotopic (exact) mass is 350 g/mol. The zero-order chi connectivity index (χ0) is 15.5. The van der Waals surface area contributed by atoms with Crippen molar-refractivity contribution in [2.24, 2.45) is 0 Å². The van der Waals surface area contributed by atoms with Gasteiger partial charge in [-0.1, -0.05) is 47.5 Å². The van der Waals surface area contributed by atoms with Crippen LogP contribution < -0.4 is 5.32 Å². The minimum absolute atomic E-state index is 0. The highest BCUT2D eigenvalue weighted by Gasteiger charge is 2.29. The zero-order valence-corrected chi connectivity index (χ0v) is 14.5. The lowest BCUT2D eigenvalue weighted by Gasteiger charge is -2.37. The molecule has 1 aliphatic heterocycles. The number of nitrogens with one attached hydrogen (secondary N) is 1. The predicted octanol–water partition coefficient (Wildman–Crippen LogP) is 3.86. The molecule has 23 heavy (non-hydrogen) atoms. The topological polar surface area (TPSA) is 32.3 Å². The Balaban J connectivity index is 0.00000192. The van der Waals surface area contributed by atoms with Crippen molar-refractivity contribution in [1.29, 1.82) is 0 Å². The van der Waals surface area contributed by atoms with Crippen molar-refractivity contribution >= 4 is 29.9 Å². The van der Waals surface area contributed by atoms with Crippen LogP contribution in [0.15, 0.2) is 48.5 Å². The van der Waals surface area contributed by atoms with Crippen LogP contribution in [0, 0.1) is 6.92 Å². The quantitative estimate of drug-likeness (QED) is 0.891. The largest absolute Gasteiger partial charge is 0.329 e. The summed E-state index contributed by atoms with van der Waals surface area (Å²) >= 11 is 6.33. The minimum atomic E-state index is -0.0320. The van der Waals surface area contributed by atoms with Crippen LogP contribution in [0.4, 0.5) is 0 Å². The smallest absolute Gasteiger partial charge is 0.254 e. The van der Waals surface area contributed by atoms with Crippen molar-refractivity contribution in [2.75, 3.05) is 19.6 Å². The van der Waals surface area contributed by atoms with Gasteiger partial charge in [-0.05, 0) is 30.7 Å². The number of benzene rings is 2. The van der Waals surface area contributed by atoms with Crippen molar-refractivity contribution in [3.63, 3.8) is 0 Å². The highest BCUT2D eigenvalue weighted by molar-refractivity contribution is 6.31. The Kier molecular flexibility index (Phi) is 6.05. The molecular weight excluding hydrogens is 331 g/mol. The van der Waals surface area contributed by atoms with Crippen LogP contribution in [0.3, 0.4) is 0 Å². The van der Waals surface area contributed by atoms with Crippen LogP contribution in [0.5, 0.6) is 0 Å². The summed E-state index contributed by atoms with van der Waals surface area (Å²) in [4.78, 5) is 14.8. The number of hydrogen-bond acceptors (Lipinski definition) is 2. The molecule has 0 aliphatic carbocycles. The summed E-state index contributed by atoms with van der Waals surface area (Å²) in [5.41, 5.74) is 2.83. The zero-order valence-electron chi connectivity index (χ0n) is 13.0. The SMILES string of the molecule is Cc1cccc(C(=O)N2CCNCC2c2ccccc2Cl)c1.Cl. The molecule has 1 aliphatic rings. The molecule has 0 aromatic heterocycles. The van der Waals surface area contributed by atoms with Gasteiger partial charge in [0, 0.05) is 30.2 Å². The van der Waals surface area contributed by atoms with Crippen molar-refractivity contribution < 1.29 is 4.79 Å². The van der Waals surface area contributed by atoms with Gasteiger partial charge in [0.1, 0.15) is 0 Å². The third-order valence-electron chi connectivity index (χ3n) is 4.03. The van der Waals surface area contributed by atoms with Gasteiger partial charge < -0.3 is 10.2 Å². The number of carbonyl (C=O) groups excluding carboxylic acids is 1. The summed E-state index contributed by atoms with van der Waals surface area (Å²) in [6, 6.07) is 15.5. The van der Waals surface area contributed by atoms with Gasteiger partial charge in [0.2, 0.25) is 0 Å². The van der Waals surface area contributed by atoms with Crippen molar-refractivity contribution in [3.05, 3.63) is 70.2 Å². The second-order valence-corrected chi connectivity index (χ2v) is 6.02.